The summed E-state index contributed by atoms with van der Waals surface area (Å²) >= 11 is 1.51. The normalized spacial score (nSPS) is 10.5. The van der Waals surface area contributed by atoms with Gasteiger partial charge in [0.15, 0.2) is 0 Å². The summed E-state index contributed by atoms with van der Waals surface area (Å²) in [5.74, 6) is 1.05. The van der Waals surface area contributed by atoms with Crippen molar-refractivity contribution in [3.63, 3.8) is 0 Å². The van der Waals surface area contributed by atoms with Gasteiger partial charge in [-0.15, -0.1) is 11.3 Å². The minimum absolute atomic E-state index is 0.423. The van der Waals surface area contributed by atoms with Crippen molar-refractivity contribution in [1.82, 2.24) is 15.0 Å². The van der Waals surface area contributed by atoms with E-state index in [2.05, 4.69) is 26.7 Å². The summed E-state index contributed by atoms with van der Waals surface area (Å²) in [5, 5.41) is 27.2. The van der Waals surface area contributed by atoms with Crippen LogP contribution in [0.15, 0.2) is 60.2 Å². The molecule has 4 rings (SSSR count). The molecule has 0 atom stereocenters. The third-order valence-corrected chi connectivity index (χ3v) is 5.68. The Labute approximate surface area is 195 Å². The molecule has 33 heavy (non-hydrogen) atoms. The first-order valence-corrected chi connectivity index (χ1v) is 10.9. The van der Waals surface area contributed by atoms with Gasteiger partial charge in [-0.25, -0.2) is 9.97 Å². The van der Waals surface area contributed by atoms with Crippen LogP contribution in [0, 0.1) is 36.5 Å². The van der Waals surface area contributed by atoms with Crippen LogP contribution < -0.4 is 10.6 Å². The third-order valence-electron chi connectivity index (χ3n) is 4.87. The molecule has 2 aromatic carbocycles. The minimum Gasteiger partial charge on any atom is -0.339 e. The molecule has 2 N–H and O–H groups in total. The third kappa shape index (κ3) is 5.04. The standard InChI is InChI=1S/C25H19N7S/c1-16-12-19(4-3-9-26)13-17(2)22(16)31-23-21(24-28-10-11-33-24)15-29-25(32-23)30-20-7-5-18(14-27)6-8-20/h3-8,10-13,15H,1-2H3,(H2,29,30,31,32)/b4-3+. The fourth-order valence-corrected chi connectivity index (χ4v) is 4.00. The molecule has 0 unspecified atom stereocenters. The number of aryl methyl sites for hydroxylation is 2. The molecule has 0 aliphatic rings. The van der Waals surface area contributed by atoms with E-state index in [-0.39, 0.29) is 0 Å². The number of nitrogens with zero attached hydrogens (tertiary/aromatic N) is 5. The zero-order valence-electron chi connectivity index (χ0n) is 18.0. The zero-order valence-corrected chi connectivity index (χ0v) is 18.8. The maximum atomic E-state index is 8.99. The second-order valence-corrected chi connectivity index (χ2v) is 8.12. The predicted molar refractivity (Wildman–Crippen MR) is 131 cm³/mol. The molecule has 0 aliphatic heterocycles. The quantitative estimate of drug-likeness (QED) is 0.342. The molecule has 0 saturated heterocycles. The summed E-state index contributed by atoms with van der Waals surface area (Å²) in [6.07, 6.45) is 6.75. The molecule has 0 radical (unpaired) electrons. The zero-order chi connectivity index (χ0) is 23.2. The number of hydrogen-bond donors (Lipinski definition) is 2. The summed E-state index contributed by atoms with van der Waals surface area (Å²) in [7, 11) is 0. The van der Waals surface area contributed by atoms with Gasteiger partial charge < -0.3 is 10.6 Å². The topological polar surface area (TPSA) is 110 Å². The van der Waals surface area contributed by atoms with Gasteiger partial charge in [-0.1, -0.05) is 0 Å². The number of allylic oxidation sites excluding steroid dienone is 1. The van der Waals surface area contributed by atoms with Gasteiger partial charge in [-0.05, 0) is 73.0 Å². The first-order valence-electron chi connectivity index (χ1n) is 10.1. The lowest BCUT2D eigenvalue weighted by atomic mass is 10.0. The largest absolute Gasteiger partial charge is 0.339 e. The summed E-state index contributed by atoms with van der Waals surface area (Å²) in [4.78, 5) is 13.6. The summed E-state index contributed by atoms with van der Waals surface area (Å²) in [6, 6.07) is 15.3. The lowest BCUT2D eigenvalue weighted by Crippen LogP contribution is -2.05. The monoisotopic (exact) mass is 449 g/mol. The number of rotatable bonds is 6. The first kappa shape index (κ1) is 21.7. The van der Waals surface area contributed by atoms with Crippen LogP contribution in [-0.4, -0.2) is 15.0 Å². The second kappa shape index (κ2) is 9.73. The highest BCUT2D eigenvalue weighted by molar-refractivity contribution is 7.13. The minimum atomic E-state index is 0.423. The number of thiazole rings is 1. The molecule has 160 valence electrons. The predicted octanol–water partition coefficient (Wildman–Crippen LogP) is 6.11. The van der Waals surface area contributed by atoms with Gasteiger partial charge in [0.25, 0.3) is 0 Å². The van der Waals surface area contributed by atoms with Gasteiger partial charge in [0.2, 0.25) is 5.95 Å². The summed E-state index contributed by atoms with van der Waals surface area (Å²) < 4.78 is 0. The Kier molecular flexibility index (Phi) is 6.40. The molecular formula is C25H19N7S. The highest BCUT2D eigenvalue weighted by Gasteiger charge is 2.15. The summed E-state index contributed by atoms with van der Waals surface area (Å²) in [5.41, 5.74) is 6.11. The molecule has 0 saturated carbocycles. The van der Waals surface area contributed by atoms with Crippen LogP contribution in [0.25, 0.3) is 16.6 Å². The SMILES string of the molecule is Cc1cc(/C=C/C#N)cc(C)c1Nc1nc(Nc2ccc(C#N)cc2)ncc1-c1nccs1. The Morgan fingerprint density at radius 2 is 1.76 bits per heavy atom. The van der Waals surface area contributed by atoms with Crippen molar-refractivity contribution in [2.24, 2.45) is 0 Å². The Morgan fingerprint density at radius 3 is 2.39 bits per heavy atom. The average Bonchev–Trinajstić information content (AvgIpc) is 3.35. The van der Waals surface area contributed by atoms with Crippen molar-refractivity contribution in [2.45, 2.75) is 13.8 Å². The second-order valence-electron chi connectivity index (χ2n) is 7.22. The van der Waals surface area contributed by atoms with Gasteiger partial charge in [0.1, 0.15) is 10.8 Å². The van der Waals surface area contributed by atoms with Crippen LogP contribution in [0.1, 0.15) is 22.3 Å². The molecule has 2 aromatic heterocycles. The van der Waals surface area contributed by atoms with Crippen molar-refractivity contribution in [3.8, 4) is 22.7 Å². The van der Waals surface area contributed by atoms with Gasteiger partial charge in [-0.2, -0.15) is 15.5 Å². The lowest BCUT2D eigenvalue weighted by molar-refractivity contribution is 1.16. The number of hydrogen-bond acceptors (Lipinski definition) is 8. The van der Waals surface area contributed by atoms with Gasteiger partial charge in [-0.3, -0.25) is 0 Å². The van der Waals surface area contributed by atoms with Crippen molar-refractivity contribution in [3.05, 3.63) is 82.5 Å². The van der Waals surface area contributed by atoms with Crippen LogP contribution in [-0.2, 0) is 0 Å². The maximum Gasteiger partial charge on any atom is 0.229 e. The van der Waals surface area contributed by atoms with Crippen LogP contribution in [0.3, 0.4) is 0 Å². The molecule has 0 fully saturated rings. The van der Waals surface area contributed by atoms with Crippen molar-refractivity contribution >= 4 is 40.6 Å². The number of anilines is 4. The van der Waals surface area contributed by atoms with E-state index in [4.69, 9.17) is 15.5 Å². The Hall–Kier alpha value is -4.53. The Bertz CT molecular complexity index is 1370. The molecule has 8 heteroatoms. The molecule has 0 spiro atoms. The molecular weight excluding hydrogens is 430 g/mol. The molecule has 4 aromatic rings. The van der Waals surface area contributed by atoms with Crippen LogP contribution in [0.4, 0.5) is 23.1 Å². The van der Waals surface area contributed by atoms with Crippen molar-refractivity contribution < 1.29 is 0 Å². The number of benzene rings is 2. The van der Waals surface area contributed by atoms with E-state index in [1.54, 1.807) is 30.6 Å². The van der Waals surface area contributed by atoms with E-state index in [1.807, 2.05) is 49.6 Å². The smallest absolute Gasteiger partial charge is 0.229 e. The lowest BCUT2D eigenvalue weighted by Gasteiger charge is -2.16. The molecule has 2 heterocycles. The fraction of sp³-hybridized carbons (Fsp3) is 0.0800. The van der Waals surface area contributed by atoms with E-state index in [9.17, 15) is 0 Å². The Balaban J connectivity index is 1.71. The molecule has 7 nitrogen and oxygen atoms in total. The Morgan fingerprint density at radius 1 is 1.00 bits per heavy atom. The van der Waals surface area contributed by atoms with E-state index in [0.29, 0.717) is 17.3 Å². The number of nitriles is 2. The van der Waals surface area contributed by atoms with Gasteiger partial charge in [0, 0.05) is 35.2 Å². The van der Waals surface area contributed by atoms with Crippen molar-refractivity contribution in [1.29, 1.82) is 10.5 Å². The molecule has 0 bridgehead atoms. The molecule has 0 aliphatic carbocycles. The van der Waals surface area contributed by atoms with Crippen LogP contribution >= 0.6 is 11.3 Å². The highest BCUT2D eigenvalue weighted by Crippen LogP contribution is 2.33. The van der Waals surface area contributed by atoms with Crippen LogP contribution in [0.5, 0.6) is 0 Å². The number of nitrogens with one attached hydrogen (secondary N) is 2. The number of aromatic nitrogens is 3. The van der Waals surface area contributed by atoms with E-state index >= 15 is 0 Å². The van der Waals surface area contributed by atoms with Gasteiger partial charge in [0.05, 0.1) is 23.3 Å². The maximum absolute atomic E-state index is 8.99. The molecule has 0 amide bonds. The van der Waals surface area contributed by atoms with E-state index in [1.165, 1.54) is 17.4 Å². The highest BCUT2D eigenvalue weighted by atomic mass is 32.1. The van der Waals surface area contributed by atoms with Crippen molar-refractivity contribution in [2.75, 3.05) is 10.6 Å². The van der Waals surface area contributed by atoms with E-state index < -0.39 is 0 Å². The van der Waals surface area contributed by atoms with E-state index in [0.717, 1.165) is 38.6 Å². The first-order chi connectivity index (χ1) is 16.1. The van der Waals surface area contributed by atoms with Gasteiger partial charge >= 0.3 is 0 Å². The summed E-state index contributed by atoms with van der Waals surface area (Å²) in [6.45, 7) is 4.03. The average molecular weight is 450 g/mol. The van der Waals surface area contributed by atoms with Crippen LogP contribution in [0.2, 0.25) is 0 Å². The fourth-order valence-electron chi connectivity index (χ4n) is 3.35.